The molecule has 1 aromatic rings. The van der Waals surface area contributed by atoms with Gasteiger partial charge in [0.05, 0.1) is 14.2 Å². The maximum absolute atomic E-state index is 11.5. The number of carbonyl (C=O) groups is 2. The number of hydrogen-bond acceptors (Lipinski definition) is 5. The van der Waals surface area contributed by atoms with Crippen LogP contribution in [0, 0.1) is 0 Å². The number of benzene rings is 1. The van der Waals surface area contributed by atoms with Gasteiger partial charge in [0.1, 0.15) is 11.8 Å². The largest absolute Gasteiger partial charge is 0.497 e. The minimum Gasteiger partial charge on any atom is -0.497 e. The van der Waals surface area contributed by atoms with Crippen LogP contribution in [0.15, 0.2) is 24.3 Å². The van der Waals surface area contributed by atoms with Crippen LogP contribution < -0.4 is 10.1 Å². The lowest BCUT2D eigenvalue weighted by Crippen LogP contribution is -2.30. The van der Waals surface area contributed by atoms with E-state index in [2.05, 4.69) is 10.1 Å². The standard InChI is InChI=1S/C12H13NO5/c1-16-8-5-3-7(4-6-8)9-10(11(14)17-2)18-12(15)13-9/h3-6,9-10H,1-2H3,(H,13,15)/t9-,10-/m0/s1. The number of methoxy groups -OCH3 is 2. The van der Waals surface area contributed by atoms with Gasteiger partial charge in [-0.05, 0) is 17.7 Å². The maximum Gasteiger partial charge on any atom is 0.408 e. The number of cyclic esters (lactones) is 1. The number of esters is 1. The van der Waals surface area contributed by atoms with Crippen molar-refractivity contribution in [3.8, 4) is 5.75 Å². The fourth-order valence-electron chi connectivity index (χ4n) is 1.79. The molecular formula is C12H13NO5. The molecule has 18 heavy (non-hydrogen) atoms. The van der Waals surface area contributed by atoms with Gasteiger partial charge in [-0.3, -0.25) is 0 Å². The van der Waals surface area contributed by atoms with E-state index in [-0.39, 0.29) is 0 Å². The molecule has 1 aliphatic heterocycles. The van der Waals surface area contributed by atoms with E-state index in [1.807, 2.05) is 0 Å². The molecule has 0 saturated carbocycles. The lowest BCUT2D eigenvalue weighted by molar-refractivity contribution is -0.149. The van der Waals surface area contributed by atoms with Crippen LogP contribution in [-0.2, 0) is 14.3 Å². The van der Waals surface area contributed by atoms with Gasteiger partial charge in [-0.1, -0.05) is 12.1 Å². The van der Waals surface area contributed by atoms with Crippen LogP contribution in [0.25, 0.3) is 0 Å². The van der Waals surface area contributed by atoms with Crippen molar-refractivity contribution in [1.29, 1.82) is 0 Å². The van der Waals surface area contributed by atoms with Gasteiger partial charge in [0.25, 0.3) is 0 Å². The molecule has 2 atom stereocenters. The quantitative estimate of drug-likeness (QED) is 0.812. The highest BCUT2D eigenvalue weighted by atomic mass is 16.6. The summed E-state index contributed by atoms with van der Waals surface area (Å²) in [4.78, 5) is 22.7. The normalized spacial score (nSPS) is 22.0. The Morgan fingerprint density at radius 2 is 1.94 bits per heavy atom. The Balaban J connectivity index is 2.23. The predicted octanol–water partition coefficient (Wildman–Crippen LogP) is 1.02. The molecule has 1 aliphatic rings. The third kappa shape index (κ3) is 2.22. The minimum absolute atomic E-state index is 0.546. The summed E-state index contributed by atoms with van der Waals surface area (Å²) in [6.45, 7) is 0. The van der Waals surface area contributed by atoms with Gasteiger partial charge >= 0.3 is 12.1 Å². The Hall–Kier alpha value is -2.24. The Labute approximate surface area is 104 Å². The molecule has 1 N–H and O–H groups in total. The Morgan fingerprint density at radius 1 is 1.28 bits per heavy atom. The summed E-state index contributed by atoms with van der Waals surface area (Å²) >= 11 is 0. The average Bonchev–Trinajstić information content (AvgIpc) is 2.80. The van der Waals surface area contributed by atoms with Crippen molar-refractivity contribution in [2.75, 3.05) is 14.2 Å². The first-order valence-corrected chi connectivity index (χ1v) is 5.34. The van der Waals surface area contributed by atoms with Crippen LogP contribution >= 0.6 is 0 Å². The topological polar surface area (TPSA) is 73.9 Å². The first-order chi connectivity index (χ1) is 8.65. The summed E-state index contributed by atoms with van der Waals surface area (Å²) in [6.07, 6.45) is -1.60. The number of alkyl carbamates (subject to hydrolysis) is 1. The van der Waals surface area contributed by atoms with Gasteiger partial charge in [0.2, 0.25) is 6.10 Å². The van der Waals surface area contributed by atoms with Crippen molar-refractivity contribution in [1.82, 2.24) is 5.32 Å². The third-order valence-corrected chi connectivity index (χ3v) is 2.72. The molecular weight excluding hydrogens is 238 g/mol. The van der Waals surface area contributed by atoms with Crippen molar-refractivity contribution < 1.29 is 23.8 Å². The van der Waals surface area contributed by atoms with E-state index in [4.69, 9.17) is 9.47 Å². The van der Waals surface area contributed by atoms with E-state index < -0.39 is 24.2 Å². The van der Waals surface area contributed by atoms with E-state index >= 15 is 0 Å². The number of carbonyl (C=O) groups excluding carboxylic acids is 2. The van der Waals surface area contributed by atoms with Gasteiger partial charge in [-0.2, -0.15) is 0 Å². The second-order valence-electron chi connectivity index (χ2n) is 3.74. The summed E-state index contributed by atoms with van der Waals surface area (Å²) in [6, 6.07) is 6.46. The zero-order valence-corrected chi connectivity index (χ0v) is 10.0. The molecule has 96 valence electrons. The molecule has 0 bridgehead atoms. The Morgan fingerprint density at radius 3 is 2.50 bits per heavy atom. The summed E-state index contributed by atoms with van der Waals surface area (Å²) in [7, 11) is 2.81. The zero-order valence-electron chi connectivity index (χ0n) is 10.0. The van der Waals surface area contributed by atoms with Crippen molar-refractivity contribution in [2.24, 2.45) is 0 Å². The third-order valence-electron chi connectivity index (χ3n) is 2.72. The summed E-state index contributed by atoms with van der Waals surface area (Å²) in [5.74, 6) is 0.104. The molecule has 1 amide bonds. The molecule has 0 unspecified atom stereocenters. The number of nitrogens with one attached hydrogen (secondary N) is 1. The van der Waals surface area contributed by atoms with Crippen LogP contribution in [0.4, 0.5) is 4.79 Å². The van der Waals surface area contributed by atoms with Crippen molar-refractivity contribution in [2.45, 2.75) is 12.1 Å². The van der Waals surface area contributed by atoms with E-state index in [1.54, 1.807) is 31.4 Å². The molecule has 6 heteroatoms. The fourth-order valence-corrected chi connectivity index (χ4v) is 1.79. The number of ether oxygens (including phenoxy) is 3. The number of rotatable bonds is 3. The second kappa shape index (κ2) is 4.95. The monoisotopic (exact) mass is 251 g/mol. The van der Waals surface area contributed by atoms with Crippen LogP contribution in [0.3, 0.4) is 0 Å². The van der Waals surface area contributed by atoms with Crippen molar-refractivity contribution in [3.05, 3.63) is 29.8 Å². The van der Waals surface area contributed by atoms with E-state index in [0.29, 0.717) is 5.75 Å². The van der Waals surface area contributed by atoms with Gasteiger partial charge < -0.3 is 19.5 Å². The van der Waals surface area contributed by atoms with E-state index in [1.165, 1.54) is 7.11 Å². The lowest BCUT2D eigenvalue weighted by atomic mass is 10.0. The molecule has 6 nitrogen and oxygen atoms in total. The minimum atomic E-state index is -0.962. The Kier molecular flexibility index (Phi) is 3.36. The van der Waals surface area contributed by atoms with Gasteiger partial charge in [-0.15, -0.1) is 0 Å². The first kappa shape index (κ1) is 12.2. The van der Waals surface area contributed by atoms with Crippen molar-refractivity contribution in [3.63, 3.8) is 0 Å². The molecule has 0 radical (unpaired) electrons. The molecule has 1 heterocycles. The number of hydrogen-bond donors (Lipinski definition) is 1. The van der Waals surface area contributed by atoms with E-state index in [0.717, 1.165) is 5.56 Å². The summed E-state index contributed by atoms with van der Waals surface area (Å²) < 4.78 is 14.5. The molecule has 0 spiro atoms. The molecule has 1 aromatic carbocycles. The number of amides is 1. The highest BCUT2D eigenvalue weighted by Gasteiger charge is 2.41. The van der Waals surface area contributed by atoms with Crippen LogP contribution in [-0.4, -0.2) is 32.4 Å². The second-order valence-corrected chi connectivity index (χ2v) is 3.74. The molecule has 1 saturated heterocycles. The first-order valence-electron chi connectivity index (χ1n) is 5.34. The smallest absolute Gasteiger partial charge is 0.408 e. The highest BCUT2D eigenvalue weighted by Crippen LogP contribution is 2.27. The zero-order chi connectivity index (χ0) is 13.1. The Bertz CT molecular complexity index is 456. The predicted molar refractivity (Wildman–Crippen MR) is 61.2 cm³/mol. The SMILES string of the molecule is COC(=O)[C@H]1OC(=O)N[C@H]1c1ccc(OC)cc1. The maximum atomic E-state index is 11.5. The van der Waals surface area contributed by atoms with Crippen LogP contribution in [0.1, 0.15) is 11.6 Å². The van der Waals surface area contributed by atoms with Crippen molar-refractivity contribution >= 4 is 12.1 Å². The van der Waals surface area contributed by atoms with E-state index in [9.17, 15) is 9.59 Å². The molecule has 0 aliphatic carbocycles. The van der Waals surface area contributed by atoms with Gasteiger partial charge in [-0.25, -0.2) is 9.59 Å². The molecule has 2 rings (SSSR count). The molecule has 1 fully saturated rings. The van der Waals surface area contributed by atoms with Gasteiger partial charge in [0.15, 0.2) is 0 Å². The summed E-state index contributed by atoms with van der Waals surface area (Å²) in [5, 5.41) is 2.57. The highest BCUT2D eigenvalue weighted by molar-refractivity contribution is 5.83. The summed E-state index contributed by atoms with van der Waals surface area (Å²) in [5.41, 5.74) is 0.747. The fraction of sp³-hybridized carbons (Fsp3) is 0.333. The van der Waals surface area contributed by atoms with Crippen LogP contribution in [0.2, 0.25) is 0 Å². The van der Waals surface area contributed by atoms with Crippen LogP contribution in [0.5, 0.6) is 5.75 Å². The average molecular weight is 251 g/mol. The lowest BCUT2D eigenvalue weighted by Gasteiger charge is -2.15. The van der Waals surface area contributed by atoms with Gasteiger partial charge in [0, 0.05) is 0 Å². The molecule has 0 aromatic heterocycles.